The zero-order valence-electron chi connectivity index (χ0n) is 8.06. The lowest BCUT2D eigenvalue weighted by atomic mass is 10.2. The van der Waals surface area contributed by atoms with E-state index in [0.29, 0.717) is 30.4 Å². The number of carbonyl (C=O) groups excluding carboxylic acids is 1. The van der Waals surface area contributed by atoms with Crippen LogP contribution < -0.4 is 10.6 Å². The molecule has 1 aliphatic heterocycles. The summed E-state index contributed by atoms with van der Waals surface area (Å²) in [6.45, 7) is 0.672. The maximum Gasteiger partial charge on any atom is 0.228 e. The Hall–Kier alpha value is -1.17. The SMILES string of the molecule is Nc1cncnc1N1CC(CBr)CC1=O. The summed E-state index contributed by atoms with van der Waals surface area (Å²) in [5.41, 5.74) is 6.16. The number of nitrogens with two attached hydrogens (primary N) is 1. The third-order valence-corrected chi connectivity index (χ3v) is 3.31. The van der Waals surface area contributed by atoms with Crippen LogP contribution in [0, 0.1) is 5.92 Å². The fourth-order valence-corrected chi connectivity index (χ4v) is 2.08. The van der Waals surface area contributed by atoms with E-state index in [1.165, 1.54) is 12.5 Å². The van der Waals surface area contributed by atoms with E-state index in [1.807, 2.05) is 0 Å². The average Bonchev–Trinajstić information content (AvgIpc) is 2.60. The molecule has 1 aromatic heterocycles. The molecule has 0 aromatic carbocycles. The van der Waals surface area contributed by atoms with Crippen LogP contribution in [0.1, 0.15) is 6.42 Å². The van der Waals surface area contributed by atoms with Crippen molar-refractivity contribution in [3.05, 3.63) is 12.5 Å². The Morgan fingerprint density at radius 2 is 2.47 bits per heavy atom. The monoisotopic (exact) mass is 270 g/mol. The number of nitrogen functional groups attached to an aromatic ring is 1. The molecule has 6 heteroatoms. The van der Waals surface area contributed by atoms with Crippen LogP contribution in [0.4, 0.5) is 11.5 Å². The molecule has 5 nitrogen and oxygen atoms in total. The minimum Gasteiger partial charge on any atom is -0.394 e. The van der Waals surface area contributed by atoms with Gasteiger partial charge in [0.2, 0.25) is 5.91 Å². The fourth-order valence-electron chi connectivity index (χ4n) is 1.65. The van der Waals surface area contributed by atoms with Gasteiger partial charge in [-0.3, -0.25) is 9.69 Å². The number of carbonyl (C=O) groups is 1. The first kappa shape index (κ1) is 10.4. The van der Waals surface area contributed by atoms with Gasteiger partial charge < -0.3 is 5.73 Å². The number of nitrogens with zero attached hydrogens (tertiary/aromatic N) is 3. The van der Waals surface area contributed by atoms with E-state index in [0.717, 1.165) is 5.33 Å². The van der Waals surface area contributed by atoms with Gasteiger partial charge in [-0.2, -0.15) is 0 Å². The Morgan fingerprint density at radius 3 is 3.07 bits per heavy atom. The van der Waals surface area contributed by atoms with Crippen molar-refractivity contribution in [1.82, 2.24) is 9.97 Å². The van der Waals surface area contributed by atoms with E-state index in [-0.39, 0.29) is 5.91 Å². The standard InChI is InChI=1S/C9H11BrN4O/c10-2-6-1-8(15)14(4-6)9-7(11)3-12-5-13-9/h3,5-6H,1-2,4,11H2. The van der Waals surface area contributed by atoms with Gasteiger partial charge in [-0.25, -0.2) is 9.97 Å². The number of hydrogen-bond donors (Lipinski definition) is 1. The molecule has 1 amide bonds. The summed E-state index contributed by atoms with van der Waals surface area (Å²) in [5, 5.41) is 0.820. The van der Waals surface area contributed by atoms with Gasteiger partial charge in [-0.15, -0.1) is 0 Å². The lowest BCUT2D eigenvalue weighted by Crippen LogP contribution is -2.26. The molecule has 0 radical (unpaired) electrons. The number of rotatable bonds is 2. The Kier molecular flexibility index (Phi) is 2.86. The van der Waals surface area contributed by atoms with Crippen LogP contribution in [0.2, 0.25) is 0 Å². The summed E-state index contributed by atoms with van der Waals surface area (Å²) in [6, 6.07) is 0. The van der Waals surface area contributed by atoms with Crippen molar-refractivity contribution >= 4 is 33.3 Å². The molecular formula is C9H11BrN4O. The molecule has 2 heterocycles. The molecule has 15 heavy (non-hydrogen) atoms. The number of halogens is 1. The highest BCUT2D eigenvalue weighted by atomic mass is 79.9. The zero-order chi connectivity index (χ0) is 10.8. The molecule has 80 valence electrons. The molecule has 1 aliphatic rings. The van der Waals surface area contributed by atoms with Crippen molar-refractivity contribution in [2.75, 3.05) is 22.5 Å². The van der Waals surface area contributed by atoms with Gasteiger partial charge in [0.05, 0.1) is 11.9 Å². The zero-order valence-corrected chi connectivity index (χ0v) is 9.64. The van der Waals surface area contributed by atoms with Crippen LogP contribution in [0.15, 0.2) is 12.5 Å². The number of aromatic nitrogens is 2. The first-order chi connectivity index (χ1) is 7.22. The van der Waals surface area contributed by atoms with Crippen molar-refractivity contribution in [2.24, 2.45) is 5.92 Å². The number of amides is 1. The van der Waals surface area contributed by atoms with Crippen molar-refractivity contribution in [3.8, 4) is 0 Å². The Balaban J connectivity index is 2.25. The molecule has 0 spiro atoms. The molecule has 0 saturated carbocycles. The highest BCUT2D eigenvalue weighted by Crippen LogP contribution is 2.27. The maximum absolute atomic E-state index is 11.7. The first-order valence-electron chi connectivity index (χ1n) is 4.64. The lowest BCUT2D eigenvalue weighted by Gasteiger charge is -2.16. The van der Waals surface area contributed by atoms with Crippen molar-refractivity contribution in [3.63, 3.8) is 0 Å². The molecule has 1 unspecified atom stereocenters. The molecule has 2 N–H and O–H groups in total. The van der Waals surface area contributed by atoms with E-state index in [4.69, 9.17) is 5.73 Å². The summed E-state index contributed by atoms with van der Waals surface area (Å²) in [6.07, 6.45) is 3.46. The minimum absolute atomic E-state index is 0.0739. The molecule has 1 fully saturated rings. The molecule has 1 atom stereocenters. The number of anilines is 2. The topological polar surface area (TPSA) is 72.1 Å². The predicted octanol–water partition coefficient (Wildman–Crippen LogP) is 0.807. The summed E-state index contributed by atoms with van der Waals surface area (Å²) in [4.78, 5) is 21.1. The van der Waals surface area contributed by atoms with Crippen LogP contribution >= 0.6 is 15.9 Å². The first-order valence-corrected chi connectivity index (χ1v) is 5.76. The van der Waals surface area contributed by atoms with Crippen LogP contribution in [-0.4, -0.2) is 27.7 Å². The van der Waals surface area contributed by atoms with Gasteiger partial charge in [0, 0.05) is 18.3 Å². The smallest absolute Gasteiger partial charge is 0.228 e. The van der Waals surface area contributed by atoms with Gasteiger partial charge in [-0.1, -0.05) is 15.9 Å². The predicted molar refractivity (Wildman–Crippen MR) is 60.7 cm³/mol. The fraction of sp³-hybridized carbons (Fsp3) is 0.444. The number of hydrogen-bond acceptors (Lipinski definition) is 4. The normalized spacial score (nSPS) is 21.0. The third kappa shape index (κ3) is 1.94. The van der Waals surface area contributed by atoms with E-state index in [2.05, 4.69) is 25.9 Å². The van der Waals surface area contributed by atoms with E-state index < -0.39 is 0 Å². The third-order valence-electron chi connectivity index (χ3n) is 2.40. The Bertz CT molecular complexity index is 384. The molecule has 0 aliphatic carbocycles. The Labute approximate surface area is 95.8 Å². The largest absolute Gasteiger partial charge is 0.394 e. The second-order valence-corrected chi connectivity index (χ2v) is 4.18. The summed E-state index contributed by atoms with van der Waals surface area (Å²) < 4.78 is 0. The molecule has 1 aromatic rings. The molecule has 0 bridgehead atoms. The maximum atomic E-state index is 11.7. The molecule has 2 rings (SSSR count). The minimum atomic E-state index is 0.0739. The van der Waals surface area contributed by atoms with Crippen LogP contribution in [0.25, 0.3) is 0 Å². The van der Waals surface area contributed by atoms with Gasteiger partial charge in [0.25, 0.3) is 0 Å². The quantitative estimate of drug-likeness (QED) is 0.808. The van der Waals surface area contributed by atoms with E-state index in [9.17, 15) is 4.79 Å². The molecular weight excluding hydrogens is 260 g/mol. The summed E-state index contributed by atoms with van der Waals surface area (Å²) >= 11 is 3.38. The number of alkyl halides is 1. The van der Waals surface area contributed by atoms with Crippen LogP contribution in [0.3, 0.4) is 0 Å². The highest BCUT2D eigenvalue weighted by Gasteiger charge is 2.31. The van der Waals surface area contributed by atoms with Crippen molar-refractivity contribution in [1.29, 1.82) is 0 Å². The van der Waals surface area contributed by atoms with Gasteiger partial charge >= 0.3 is 0 Å². The summed E-state index contributed by atoms with van der Waals surface area (Å²) in [5.74, 6) is 0.940. The van der Waals surface area contributed by atoms with Crippen LogP contribution in [-0.2, 0) is 4.79 Å². The van der Waals surface area contributed by atoms with Crippen molar-refractivity contribution in [2.45, 2.75) is 6.42 Å². The lowest BCUT2D eigenvalue weighted by molar-refractivity contribution is -0.117. The average molecular weight is 271 g/mol. The second kappa shape index (κ2) is 4.14. The van der Waals surface area contributed by atoms with Gasteiger partial charge in [0.1, 0.15) is 6.33 Å². The van der Waals surface area contributed by atoms with Gasteiger partial charge in [-0.05, 0) is 5.92 Å². The van der Waals surface area contributed by atoms with Gasteiger partial charge in [0.15, 0.2) is 5.82 Å². The van der Waals surface area contributed by atoms with E-state index in [1.54, 1.807) is 4.90 Å². The van der Waals surface area contributed by atoms with Crippen LogP contribution in [0.5, 0.6) is 0 Å². The second-order valence-electron chi connectivity index (χ2n) is 3.53. The summed E-state index contributed by atoms with van der Waals surface area (Å²) in [7, 11) is 0. The highest BCUT2D eigenvalue weighted by molar-refractivity contribution is 9.09. The Morgan fingerprint density at radius 1 is 1.67 bits per heavy atom. The molecule has 1 saturated heterocycles. The van der Waals surface area contributed by atoms with Crippen molar-refractivity contribution < 1.29 is 4.79 Å². The van der Waals surface area contributed by atoms with E-state index >= 15 is 0 Å².